The topological polar surface area (TPSA) is 0 Å². The Morgan fingerprint density at radius 1 is 0.889 bits per heavy atom. The molecule has 0 saturated carbocycles. The molecular formula is C8H18S. The lowest BCUT2D eigenvalue weighted by atomic mass is 10.3. The van der Waals surface area contributed by atoms with E-state index in [1.54, 1.807) is 0 Å². The summed E-state index contributed by atoms with van der Waals surface area (Å²) in [6, 6.07) is 0. The second-order valence-electron chi connectivity index (χ2n) is 2.32. The first kappa shape index (κ1) is 9.35. The molecule has 0 saturated heterocycles. The zero-order valence-corrected chi connectivity index (χ0v) is 7.47. The normalized spacial score (nSPS) is 10.0. The molecule has 0 atom stereocenters. The van der Waals surface area contributed by atoms with Crippen molar-refractivity contribution in [3.8, 4) is 0 Å². The van der Waals surface area contributed by atoms with E-state index >= 15 is 0 Å². The van der Waals surface area contributed by atoms with Crippen LogP contribution < -0.4 is 0 Å². The Kier molecular flexibility index (Phi) is 8.67. The van der Waals surface area contributed by atoms with Gasteiger partial charge >= 0.3 is 0 Å². The van der Waals surface area contributed by atoms with E-state index in [4.69, 9.17) is 0 Å². The number of rotatable bonds is 6. The van der Waals surface area contributed by atoms with Crippen molar-refractivity contribution in [3.05, 3.63) is 0 Å². The lowest BCUT2D eigenvalue weighted by Gasteiger charge is -1.96. The number of thioether (sulfide) groups is 1. The second-order valence-corrected chi connectivity index (χ2v) is 3.54. The standard InChI is InChI=1S/C8H18S/c1-3-5-6-8-9-7-4-2/h3-8H2,1-2H3. The van der Waals surface area contributed by atoms with Crippen LogP contribution in [0.2, 0.25) is 0 Å². The summed E-state index contributed by atoms with van der Waals surface area (Å²) < 4.78 is 0. The van der Waals surface area contributed by atoms with Crippen LogP contribution in [0, 0.1) is 0 Å². The summed E-state index contributed by atoms with van der Waals surface area (Å²) in [6.45, 7) is 4.50. The summed E-state index contributed by atoms with van der Waals surface area (Å²) >= 11 is 2.09. The van der Waals surface area contributed by atoms with Crippen LogP contribution in [0.4, 0.5) is 0 Å². The fourth-order valence-corrected chi connectivity index (χ4v) is 1.60. The second kappa shape index (κ2) is 8.35. The molecule has 0 aliphatic rings. The minimum atomic E-state index is 1.33. The zero-order valence-electron chi connectivity index (χ0n) is 6.65. The molecule has 0 nitrogen and oxygen atoms in total. The van der Waals surface area contributed by atoms with Crippen molar-refractivity contribution in [2.45, 2.75) is 39.5 Å². The first-order valence-electron chi connectivity index (χ1n) is 3.99. The molecule has 0 amide bonds. The van der Waals surface area contributed by atoms with Gasteiger partial charge in [-0.1, -0.05) is 26.7 Å². The van der Waals surface area contributed by atoms with E-state index in [0.717, 1.165) is 0 Å². The molecule has 0 N–H and O–H groups in total. The summed E-state index contributed by atoms with van der Waals surface area (Å²) in [7, 11) is 0. The van der Waals surface area contributed by atoms with Gasteiger partial charge in [0.1, 0.15) is 0 Å². The predicted molar refractivity (Wildman–Crippen MR) is 47.1 cm³/mol. The van der Waals surface area contributed by atoms with Gasteiger partial charge in [-0.3, -0.25) is 0 Å². The molecule has 1 heteroatoms. The van der Waals surface area contributed by atoms with Crippen molar-refractivity contribution in [2.75, 3.05) is 11.5 Å². The first-order chi connectivity index (χ1) is 4.41. The van der Waals surface area contributed by atoms with E-state index in [2.05, 4.69) is 25.6 Å². The highest BCUT2D eigenvalue weighted by atomic mass is 32.2. The van der Waals surface area contributed by atoms with Crippen molar-refractivity contribution >= 4 is 11.8 Å². The summed E-state index contributed by atoms with van der Waals surface area (Å²) in [5.74, 6) is 2.73. The molecule has 9 heavy (non-hydrogen) atoms. The first-order valence-corrected chi connectivity index (χ1v) is 5.15. The molecule has 0 rings (SSSR count). The summed E-state index contributed by atoms with van der Waals surface area (Å²) in [5, 5.41) is 0. The van der Waals surface area contributed by atoms with E-state index in [9.17, 15) is 0 Å². The molecule has 0 aromatic heterocycles. The Labute approximate surface area is 63.4 Å². The third kappa shape index (κ3) is 8.35. The molecule has 0 spiro atoms. The quantitative estimate of drug-likeness (QED) is 0.518. The van der Waals surface area contributed by atoms with Gasteiger partial charge in [0, 0.05) is 0 Å². The highest BCUT2D eigenvalue weighted by Crippen LogP contribution is 2.06. The molecule has 0 unspecified atom stereocenters. The molecule has 0 aromatic carbocycles. The highest BCUT2D eigenvalue weighted by Gasteiger charge is 1.85. The highest BCUT2D eigenvalue weighted by molar-refractivity contribution is 7.99. The van der Waals surface area contributed by atoms with E-state index in [0.29, 0.717) is 0 Å². The van der Waals surface area contributed by atoms with E-state index < -0.39 is 0 Å². The van der Waals surface area contributed by atoms with Gasteiger partial charge in [0.05, 0.1) is 0 Å². The van der Waals surface area contributed by atoms with E-state index in [1.807, 2.05) is 0 Å². The average molecular weight is 146 g/mol. The number of unbranched alkanes of at least 4 members (excludes halogenated alkanes) is 2. The van der Waals surface area contributed by atoms with Gasteiger partial charge in [0.25, 0.3) is 0 Å². The van der Waals surface area contributed by atoms with Crippen LogP contribution in [0.1, 0.15) is 39.5 Å². The Balaban J connectivity index is 2.60. The Morgan fingerprint density at radius 2 is 1.67 bits per heavy atom. The Bertz CT molecular complexity index is 37.8. The van der Waals surface area contributed by atoms with E-state index in [-0.39, 0.29) is 0 Å². The number of hydrogen-bond donors (Lipinski definition) is 0. The minimum absolute atomic E-state index is 1.33. The molecule has 0 fully saturated rings. The molecular weight excluding hydrogens is 128 g/mol. The summed E-state index contributed by atoms with van der Waals surface area (Å²) in [4.78, 5) is 0. The van der Waals surface area contributed by atoms with Crippen molar-refractivity contribution in [2.24, 2.45) is 0 Å². The van der Waals surface area contributed by atoms with Crippen molar-refractivity contribution < 1.29 is 0 Å². The third-order valence-electron chi connectivity index (χ3n) is 1.24. The van der Waals surface area contributed by atoms with Crippen molar-refractivity contribution in [1.82, 2.24) is 0 Å². The van der Waals surface area contributed by atoms with Crippen LogP contribution in [0.15, 0.2) is 0 Å². The minimum Gasteiger partial charge on any atom is -0.162 e. The molecule has 56 valence electrons. The van der Waals surface area contributed by atoms with Crippen LogP contribution >= 0.6 is 11.8 Å². The third-order valence-corrected chi connectivity index (χ3v) is 2.51. The molecule has 0 aromatic rings. The fourth-order valence-electron chi connectivity index (χ4n) is 0.701. The van der Waals surface area contributed by atoms with Gasteiger partial charge in [-0.15, -0.1) is 0 Å². The van der Waals surface area contributed by atoms with Gasteiger partial charge in [-0.2, -0.15) is 11.8 Å². The SMILES string of the molecule is CCCCCSCCC. The van der Waals surface area contributed by atoms with Gasteiger partial charge in [0.15, 0.2) is 0 Å². The Morgan fingerprint density at radius 3 is 2.22 bits per heavy atom. The monoisotopic (exact) mass is 146 g/mol. The van der Waals surface area contributed by atoms with Crippen LogP contribution in [0.5, 0.6) is 0 Å². The summed E-state index contributed by atoms with van der Waals surface area (Å²) in [5.41, 5.74) is 0. The van der Waals surface area contributed by atoms with Crippen LogP contribution in [-0.2, 0) is 0 Å². The lowest BCUT2D eigenvalue weighted by Crippen LogP contribution is -1.81. The van der Waals surface area contributed by atoms with Gasteiger partial charge in [0.2, 0.25) is 0 Å². The smallest absolute Gasteiger partial charge is 0.00675 e. The maximum absolute atomic E-state index is 2.25. The van der Waals surface area contributed by atoms with E-state index in [1.165, 1.54) is 37.2 Å². The predicted octanol–water partition coefficient (Wildman–Crippen LogP) is 3.32. The van der Waals surface area contributed by atoms with Crippen LogP contribution in [0.25, 0.3) is 0 Å². The zero-order chi connectivity index (χ0) is 6.95. The lowest BCUT2D eigenvalue weighted by molar-refractivity contribution is 0.778. The van der Waals surface area contributed by atoms with Crippen molar-refractivity contribution in [1.29, 1.82) is 0 Å². The molecule has 0 heterocycles. The average Bonchev–Trinajstić information content (AvgIpc) is 1.89. The molecule has 0 radical (unpaired) electrons. The maximum Gasteiger partial charge on any atom is -0.00675 e. The Hall–Kier alpha value is 0.350. The molecule has 0 aliphatic carbocycles. The van der Waals surface area contributed by atoms with Crippen LogP contribution in [0.3, 0.4) is 0 Å². The van der Waals surface area contributed by atoms with Gasteiger partial charge < -0.3 is 0 Å². The van der Waals surface area contributed by atoms with Gasteiger partial charge in [-0.25, -0.2) is 0 Å². The van der Waals surface area contributed by atoms with Crippen LogP contribution in [-0.4, -0.2) is 11.5 Å². The molecule has 0 aliphatic heterocycles. The fraction of sp³-hybridized carbons (Fsp3) is 1.00. The molecule has 0 bridgehead atoms. The van der Waals surface area contributed by atoms with Crippen molar-refractivity contribution in [3.63, 3.8) is 0 Å². The number of hydrogen-bond acceptors (Lipinski definition) is 1. The maximum atomic E-state index is 2.25. The largest absolute Gasteiger partial charge is 0.162 e. The van der Waals surface area contributed by atoms with Gasteiger partial charge in [-0.05, 0) is 24.3 Å². The summed E-state index contributed by atoms with van der Waals surface area (Å²) in [6.07, 6.45) is 5.52.